The Morgan fingerprint density at radius 2 is 1.81 bits per heavy atom. The molecular weight excluding hydrogens is 305 g/mol. The van der Waals surface area contributed by atoms with Gasteiger partial charge in [0.25, 0.3) is 0 Å². The lowest BCUT2D eigenvalue weighted by atomic mass is 10.1. The Labute approximate surface area is 136 Å². The lowest BCUT2D eigenvalue weighted by Gasteiger charge is -2.19. The van der Waals surface area contributed by atoms with Gasteiger partial charge in [0, 0.05) is 16.1 Å². The fraction of sp³-hybridized carbons (Fsp3) is 0.294. The zero-order chi connectivity index (χ0) is 15.1. The van der Waals surface area contributed by atoms with Gasteiger partial charge in [-0.1, -0.05) is 48.3 Å². The van der Waals surface area contributed by atoms with E-state index in [1.807, 2.05) is 48.5 Å². The summed E-state index contributed by atoms with van der Waals surface area (Å²) in [5.74, 6) is 0.793. The van der Waals surface area contributed by atoms with Crippen LogP contribution in [0.3, 0.4) is 0 Å². The maximum atomic E-state index is 5.96. The van der Waals surface area contributed by atoms with Crippen LogP contribution in [0, 0.1) is 0 Å². The van der Waals surface area contributed by atoms with Crippen molar-refractivity contribution in [1.29, 1.82) is 0 Å². The molecule has 0 amide bonds. The van der Waals surface area contributed by atoms with Crippen LogP contribution in [0.5, 0.6) is 5.75 Å². The molecule has 0 fully saturated rings. The van der Waals surface area contributed by atoms with E-state index in [1.54, 1.807) is 0 Å². The van der Waals surface area contributed by atoms with E-state index in [0.717, 1.165) is 23.7 Å². The highest BCUT2D eigenvalue weighted by Crippen LogP contribution is 2.18. The molecule has 112 valence electrons. The highest BCUT2D eigenvalue weighted by Gasteiger charge is 2.10. The van der Waals surface area contributed by atoms with Gasteiger partial charge in [0.1, 0.15) is 12.4 Å². The summed E-state index contributed by atoms with van der Waals surface area (Å²) in [7, 11) is 0. The molecule has 2 aromatic carbocycles. The van der Waals surface area contributed by atoms with Crippen molar-refractivity contribution in [3.63, 3.8) is 0 Å². The van der Waals surface area contributed by atoms with E-state index in [1.165, 1.54) is 5.56 Å². The average molecular weight is 324 g/mol. The fourth-order valence-electron chi connectivity index (χ4n) is 2.14. The maximum absolute atomic E-state index is 5.96. The lowest BCUT2D eigenvalue weighted by Crippen LogP contribution is -2.36. The van der Waals surface area contributed by atoms with Crippen molar-refractivity contribution in [1.82, 2.24) is 5.32 Å². The molecular formula is C17H19Cl2NO. The smallest absolute Gasteiger partial charge is 0.120 e. The Hall–Kier alpha value is -1.22. The summed E-state index contributed by atoms with van der Waals surface area (Å²) in [4.78, 5) is 0. The standard InChI is InChI=1S/C17H19Cl2NO/c1-2-20-16(10-13-6-8-14(18)9-7-13)12-21-17-5-3-4-15(19)11-17/h3-9,11,16,20H,2,10,12H2,1H3. The van der Waals surface area contributed by atoms with Gasteiger partial charge in [0.15, 0.2) is 0 Å². The van der Waals surface area contributed by atoms with Gasteiger partial charge in [-0.3, -0.25) is 0 Å². The number of likely N-dealkylation sites (N-methyl/N-ethyl adjacent to an activating group) is 1. The Bertz CT molecular complexity index is 557. The zero-order valence-electron chi connectivity index (χ0n) is 12.0. The minimum absolute atomic E-state index is 0.246. The highest BCUT2D eigenvalue weighted by atomic mass is 35.5. The van der Waals surface area contributed by atoms with E-state index < -0.39 is 0 Å². The van der Waals surface area contributed by atoms with E-state index in [9.17, 15) is 0 Å². The predicted octanol–water partition coefficient (Wildman–Crippen LogP) is 4.59. The van der Waals surface area contributed by atoms with E-state index in [4.69, 9.17) is 27.9 Å². The van der Waals surface area contributed by atoms with Crippen LogP contribution in [0.25, 0.3) is 0 Å². The monoisotopic (exact) mass is 323 g/mol. The average Bonchev–Trinajstić information content (AvgIpc) is 2.47. The summed E-state index contributed by atoms with van der Waals surface area (Å²) in [5.41, 5.74) is 1.24. The normalized spacial score (nSPS) is 12.1. The van der Waals surface area contributed by atoms with Crippen molar-refractivity contribution in [2.45, 2.75) is 19.4 Å². The molecule has 0 saturated carbocycles. The number of halogens is 2. The first kappa shape index (κ1) is 16.2. The van der Waals surface area contributed by atoms with Crippen LogP contribution in [0.2, 0.25) is 10.0 Å². The summed E-state index contributed by atoms with van der Waals surface area (Å²) >= 11 is 11.9. The Kier molecular flexibility index (Phi) is 6.37. The molecule has 4 heteroatoms. The van der Waals surface area contributed by atoms with Gasteiger partial charge in [0.2, 0.25) is 0 Å². The lowest BCUT2D eigenvalue weighted by molar-refractivity contribution is 0.265. The molecule has 0 aliphatic rings. The Morgan fingerprint density at radius 1 is 1.05 bits per heavy atom. The molecule has 0 aliphatic heterocycles. The quantitative estimate of drug-likeness (QED) is 0.804. The molecule has 2 nitrogen and oxygen atoms in total. The molecule has 2 aromatic rings. The van der Waals surface area contributed by atoms with Crippen LogP contribution < -0.4 is 10.1 Å². The third-order valence-electron chi connectivity index (χ3n) is 3.14. The minimum Gasteiger partial charge on any atom is -0.492 e. The van der Waals surface area contributed by atoms with Crippen LogP contribution >= 0.6 is 23.2 Å². The molecule has 0 saturated heterocycles. The van der Waals surface area contributed by atoms with Gasteiger partial charge in [-0.25, -0.2) is 0 Å². The number of benzene rings is 2. The zero-order valence-corrected chi connectivity index (χ0v) is 13.5. The fourth-order valence-corrected chi connectivity index (χ4v) is 2.44. The summed E-state index contributed by atoms with van der Waals surface area (Å²) in [5, 5.41) is 4.88. The van der Waals surface area contributed by atoms with Crippen molar-refractivity contribution in [2.24, 2.45) is 0 Å². The molecule has 0 spiro atoms. The number of ether oxygens (including phenoxy) is 1. The summed E-state index contributed by atoms with van der Waals surface area (Å²) in [6.07, 6.45) is 0.894. The summed E-state index contributed by atoms with van der Waals surface area (Å²) in [6, 6.07) is 15.6. The number of nitrogens with one attached hydrogen (secondary N) is 1. The van der Waals surface area contributed by atoms with Crippen molar-refractivity contribution >= 4 is 23.2 Å². The topological polar surface area (TPSA) is 21.3 Å². The Balaban J connectivity index is 1.93. The van der Waals surface area contributed by atoms with E-state index in [0.29, 0.717) is 11.6 Å². The molecule has 21 heavy (non-hydrogen) atoms. The van der Waals surface area contributed by atoms with Crippen molar-refractivity contribution in [3.05, 3.63) is 64.1 Å². The molecule has 1 unspecified atom stereocenters. The molecule has 0 aliphatic carbocycles. The van der Waals surface area contributed by atoms with Gasteiger partial charge < -0.3 is 10.1 Å². The van der Waals surface area contributed by atoms with Crippen molar-refractivity contribution in [3.8, 4) is 5.75 Å². The first-order valence-electron chi connectivity index (χ1n) is 7.03. The third kappa shape index (κ3) is 5.58. The van der Waals surface area contributed by atoms with Crippen molar-refractivity contribution in [2.75, 3.05) is 13.2 Å². The van der Waals surface area contributed by atoms with Crippen LogP contribution in [0.4, 0.5) is 0 Å². The van der Waals surface area contributed by atoms with Crippen LogP contribution in [-0.2, 0) is 6.42 Å². The molecule has 1 atom stereocenters. The third-order valence-corrected chi connectivity index (χ3v) is 3.62. The number of hydrogen-bond donors (Lipinski definition) is 1. The second kappa shape index (κ2) is 8.28. The molecule has 2 rings (SSSR count). The van der Waals surface area contributed by atoms with E-state index in [-0.39, 0.29) is 6.04 Å². The predicted molar refractivity (Wildman–Crippen MR) is 89.6 cm³/mol. The van der Waals surface area contributed by atoms with E-state index >= 15 is 0 Å². The summed E-state index contributed by atoms with van der Waals surface area (Å²) in [6.45, 7) is 3.59. The number of rotatable bonds is 7. The van der Waals surface area contributed by atoms with Gasteiger partial charge in [0.05, 0.1) is 0 Å². The van der Waals surface area contributed by atoms with Gasteiger partial charge in [-0.2, -0.15) is 0 Å². The molecule has 0 radical (unpaired) electrons. The van der Waals surface area contributed by atoms with Crippen LogP contribution in [-0.4, -0.2) is 19.2 Å². The van der Waals surface area contributed by atoms with Gasteiger partial charge in [-0.05, 0) is 48.9 Å². The molecule has 0 bridgehead atoms. The van der Waals surface area contributed by atoms with Crippen molar-refractivity contribution < 1.29 is 4.74 Å². The Morgan fingerprint density at radius 3 is 2.48 bits per heavy atom. The second-order valence-electron chi connectivity index (χ2n) is 4.85. The SMILES string of the molecule is CCNC(COc1cccc(Cl)c1)Cc1ccc(Cl)cc1. The van der Waals surface area contributed by atoms with Crippen LogP contribution in [0.15, 0.2) is 48.5 Å². The first-order chi connectivity index (χ1) is 10.2. The van der Waals surface area contributed by atoms with Crippen LogP contribution in [0.1, 0.15) is 12.5 Å². The van der Waals surface area contributed by atoms with Gasteiger partial charge >= 0.3 is 0 Å². The van der Waals surface area contributed by atoms with E-state index in [2.05, 4.69) is 12.2 Å². The highest BCUT2D eigenvalue weighted by molar-refractivity contribution is 6.30. The summed E-state index contributed by atoms with van der Waals surface area (Å²) < 4.78 is 5.82. The molecule has 0 heterocycles. The molecule has 1 N–H and O–H groups in total. The maximum Gasteiger partial charge on any atom is 0.120 e. The number of hydrogen-bond acceptors (Lipinski definition) is 2. The largest absolute Gasteiger partial charge is 0.492 e. The minimum atomic E-state index is 0.246. The first-order valence-corrected chi connectivity index (χ1v) is 7.79. The second-order valence-corrected chi connectivity index (χ2v) is 5.73. The van der Waals surface area contributed by atoms with Gasteiger partial charge in [-0.15, -0.1) is 0 Å². The molecule has 0 aromatic heterocycles.